The highest BCUT2D eigenvalue weighted by Gasteiger charge is 2.32. The summed E-state index contributed by atoms with van der Waals surface area (Å²) in [7, 11) is 1.81. The van der Waals surface area contributed by atoms with Gasteiger partial charge < -0.3 is 15.3 Å². The zero-order valence-electron chi connectivity index (χ0n) is 13.7. The van der Waals surface area contributed by atoms with Gasteiger partial charge in [-0.2, -0.15) is 11.8 Å². The van der Waals surface area contributed by atoms with E-state index in [0.717, 1.165) is 43.4 Å². The smallest absolute Gasteiger partial charge is 0.194 e. The Morgan fingerprint density at radius 3 is 2.83 bits per heavy atom. The summed E-state index contributed by atoms with van der Waals surface area (Å²) in [6.45, 7) is 2.39. The molecule has 0 amide bonds. The number of hydrogen-bond acceptors (Lipinski definition) is 3. The third-order valence-electron chi connectivity index (χ3n) is 4.52. The monoisotopic (exact) mass is 331 g/mol. The van der Waals surface area contributed by atoms with Crippen molar-refractivity contribution in [3.8, 4) is 0 Å². The fraction of sp³-hybridized carbons (Fsp3) is 0.500. The van der Waals surface area contributed by atoms with Crippen LogP contribution >= 0.6 is 11.8 Å². The molecule has 2 aliphatic heterocycles. The molecule has 0 aromatic heterocycles. The molecule has 0 spiro atoms. The van der Waals surface area contributed by atoms with Gasteiger partial charge in [-0.15, -0.1) is 0 Å². The zero-order chi connectivity index (χ0) is 16.1. The van der Waals surface area contributed by atoms with Crippen LogP contribution in [0.4, 0.5) is 0 Å². The second-order valence-corrected chi connectivity index (χ2v) is 7.32. The molecule has 124 valence electrons. The highest BCUT2D eigenvalue weighted by atomic mass is 32.2. The first kappa shape index (κ1) is 16.4. The number of hydrogen-bond donors (Lipinski definition) is 2. The fourth-order valence-electron chi connectivity index (χ4n) is 3.09. The minimum atomic E-state index is -0.582. The Morgan fingerprint density at radius 2 is 2.22 bits per heavy atom. The molecule has 1 fully saturated rings. The van der Waals surface area contributed by atoms with Crippen LogP contribution in [0, 0.1) is 0 Å². The van der Waals surface area contributed by atoms with Crippen LogP contribution in [0.3, 0.4) is 0 Å². The van der Waals surface area contributed by atoms with E-state index in [1.54, 1.807) is 0 Å². The van der Waals surface area contributed by atoms with Crippen molar-refractivity contribution >= 4 is 23.3 Å². The van der Waals surface area contributed by atoms with Gasteiger partial charge >= 0.3 is 0 Å². The average Bonchev–Trinajstić information content (AvgIpc) is 3.04. The standard InChI is InChI=1S/C18H25N3OS/c1-19-17(20-13-18(22)9-12-23-14-18)21-10-7-16(8-11-21)15-5-3-2-4-6-15/h2-7,22H,8-14H2,1H3,(H,19,20). The van der Waals surface area contributed by atoms with E-state index in [4.69, 9.17) is 0 Å². The summed E-state index contributed by atoms with van der Waals surface area (Å²) in [4.78, 5) is 6.63. The zero-order valence-corrected chi connectivity index (χ0v) is 14.5. The number of thioether (sulfide) groups is 1. The van der Waals surface area contributed by atoms with Gasteiger partial charge in [0.25, 0.3) is 0 Å². The Morgan fingerprint density at radius 1 is 1.39 bits per heavy atom. The Labute approximate surface area is 142 Å². The minimum absolute atomic E-state index is 0.582. The quantitative estimate of drug-likeness (QED) is 0.659. The Hall–Kier alpha value is -1.46. The van der Waals surface area contributed by atoms with Crippen molar-refractivity contribution < 1.29 is 5.11 Å². The molecule has 0 saturated carbocycles. The van der Waals surface area contributed by atoms with Crippen molar-refractivity contribution in [2.45, 2.75) is 18.4 Å². The number of guanidine groups is 1. The molecule has 0 radical (unpaired) electrons. The number of aliphatic hydroxyl groups is 1. The molecule has 2 heterocycles. The lowest BCUT2D eigenvalue weighted by molar-refractivity contribution is 0.0718. The van der Waals surface area contributed by atoms with Crippen LogP contribution in [0.1, 0.15) is 18.4 Å². The Bertz CT molecular complexity index is 579. The van der Waals surface area contributed by atoms with Gasteiger partial charge in [0, 0.05) is 32.4 Å². The molecule has 1 saturated heterocycles. The van der Waals surface area contributed by atoms with Crippen LogP contribution in [-0.2, 0) is 0 Å². The van der Waals surface area contributed by atoms with Crippen LogP contribution in [0.15, 0.2) is 41.4 Å². The molecular weight excluding hydrogens is 306 g/mol. The summed E-state index contributed by atoms with van der Waals surface area (Å²) in [5.41, 5.74) is 2.14. The van der Waals surface area contributed by atoms with E-state index in [1.807, 2.05) is 18.8 Å². The molecule has 4 nitrogen and oxygen atoms in total. The number of benzene rings is 1. The van der Waals surface area contributed by atoms with Crippen LogP contribution in [0.2, 0.25) is 0 Å². The largest absolute Gasteiger partial charge is 0.387 e. The van der Waals surface area contributed by atoms with Crippen molar-refractivity contribution in [3.63, 3.8) is 0 Å². The first-order valence-electron chi connectivity index (χ1n) is 8.20. The van der Waals surface area contributed by atoms with Crippen molar-refractivity contribution in [3.05, 3.63) is 42.0 Å². The van der Waals surface area contributed by atoms with Crippen LogP contribution in [-0.4, -0.2) is 59.8 Å². The molecule has 1 unspecified atom stereocenters. The number of nitrogens with one attached hydrogen (secondary N) is 1. The predicted molar refractivity (Wildman–Crippen MR) is 98.9 cm³/mol. The minimum Gasteiger partial charge on any atom is -0.387 e. The van der Waals surface area contributed by atoms with Crippen LogP contribution in [0.25, 0.3) is 5.57 Å². The summed E-state index contributed by atoms with van der Waals surface area (Å²) in [6, 6.07) is 10.6. The second kappa shape index (κ2) is 7.41. The molecule has 0 bridgehead atoms. The Kier molecular flexibility index (Phi) is 5.28. The van der Waals surface area contributed by atoms with E-state index >= 15 is 0 Å². The van der Waals surface area contributed by atoms with Crippen molar-refractivity contribution in [1.82, 2.24) is 10.2 Å². The van der Waals surface area contributed by atoms with Gasteiger partial charge in [0.1, 0.15) is 0 Å². The first-order valence-corrected chi connectivity index (χ1v) is 9.36. The summed E-state index contributed by atoms with van der Waals surface area (Å²) in [5.74, 6) is 2.75. The van der Waals surface area contributed by atoms with Gasteiger partial charge in [0.05, 0.1) is 5.60 Å². The molecule has 2 aliphatic rings. The molecule has 23 heavy (non-hydrogen) atoms. The molecule has 1 aromatic carbocycles. The maximum absolute atomic E-state index is 10.5. The van der Waals surface area contributed by atoms with Crippen LogP contribution < -0.4 is 5.32 Å². The highest BCUT2D eigenvalue weighted by Crippen LogP contribution is 2.27. The molecule has 2 N–H and O–H groups in total. The maximum atomic E-state index is 10.5. The fourth-order valence-corrected chi connectivity index (χ4v) is 4.38. The highest BCUT2D eigenvalue weighted by molar-refractivity contribution is 7.99. The third kappa shape index (κ3) is 4.09. The van der Waals surface area contributed by atoms with E-state index < -0.39 is 5.60 Å². The summed E-state index contributed by atoms with van der Waals surface area (Å²) < 4.78 is 0. The van der Waals surface area contributed by atoms with Gasteiger partial charge in [-0.25, -0.2) is 0 Å². The average molecular weight is 331 g/mol. The molecule has 3 rings (SSSR count). The summed E-state index contributed by atoms with van der Waals surface area (Å²) >= 11 is 1.82. The second-order valence-electron chi connectivity index (χ2n) is 6.22. The van der Waals surface area contributed by atoms with Gasteiger partial charge in [0.2, 0.25) is 0 Å². The van der Waals surface area contributed by atoms with Gasteiger partial charge in [-0.3, -0.25) is 4.99 Å². The molecule has 0 aliphatic carbocycles. The SMILES string of the molecule is CN=C(NCC1(O)CCSC1)N1CC=C(c2ccccc2)CC1. The molecule has 1 atom stereocenters. The lowest BCUT2D eigenvalue weighted by Gasteiger charge is -2.31. The predicted octanol–water partition coefficient (Wildman–Crippen LogP) is 2.22. The van der Waals surface area contributed by atoms with E-state index in [-0.39, 0.29) is 0 Å². The third-order valence-corrected chi connectivity index (χ3v) is 5.76. The lowest BCUT2D eigenvalue weighted by Crippen LogP contribution is -2.49. The number of nitrogens with zero attached hydrogens (tertiary/aromatic N) is 2. The molecular formula is C18H25N3OS. The normalized spacial score (nSPS) is 25.4. The topological polar surface area (TPSA) is 47.9 Å². The van der Waals surface area contributed by atoms with E-state index in [2.05, 4.69) is 51.6 Å². The summed E-state index contributed by atoms with van der Waals surface area (Å²) in [6.07, 6.45) is 4.16. The van der Waals surface area contributed by atoms with E-state index in [1.165, 1.54) is 11.1 Å². The van der Waals surface area contributed by atoms with Crippen molar-refractivity contribution in [2.24, 2.45) is 4.99 Å². The van der Waals surface area contributed by atoms with E-state index in [9.17, 15) is 5.11 Å². The van der Waals surface area contributed by atoms with E-state index in [0.29, 0.717) is 6.54 Å². The lowest BCUT2D eigenvalue weighted by atomic mass is 10.00. The molecule has 1 aromatic rings. The summed E-state index contributed by atoms with van der Waals surface area (Å²) in [5, 5.41) is 13.8. The van der Waals surface area contributed by atoms with Gasteiger partial charge in [0.15, 0.2) is 5.96 Å². The Balaban J connectivity index is 1.58. The first-order chi connectivity index (χ1) is 11.2. The molecule has 5 heteroatoms. The van der Waals surface area contributed by atoms with Gasteiger partial charge in [-0.05, 0) is 29.7 Å². The van der Waals surface area contributed by atoms with Crippen molar-refractivity contribution in [1.29, 1.82) is 0 Å². The van der Waals surface area contributed by atoms with Crippen molar-refractivity contribution in [2.75, 3.05) is 38.2 Å². The number of rotatable bonds is 3. The van der Waals surface area contributed by atoms with Gasteiger partial charge in [-0.1, -0.05) is 36.4 Å². The number of aliphatic imine (C=N–C) groups is 1. The maximum Gasteiger partial charge on any atom is 0.194 e. The van der Waals surface area contributed by atoms with Crippen LogP contribution in [0.5, 0.6) is 0 Å².